The van der Waals surface area contributed by atoms with Crippen LogP contribution < -0.4 is 5.32 Å². The van der Waals surface area contributed by atoms with Gasteiger partial charge in [-0.3, -0.25) is 0 Å². The number of ether oxygens (including phenoxy) is 1. The van der Waals surface area contributed by atoms with Gasteiger partial charge in [0.05, 0.1) is 5.69 Å². The molecule has 0 saturated heterocycles. The molecule has 1 amide bonds. The number of nitrogens with one attached hydrogen (secondary N) is 1. The lowest BCUT2D eigenvalue weighted by atomic mass is 9.96. The second kappa shape index (κ2) is 7.81. The molecule has 0 atom stereocenters. The third-order valence-electron chi connectivity index (χ3n) is 4.11. The molecule has 0 radical (unpaired) electrons. The maximum atomic E-state index is 11.8. The predicted octanol–water partition coefficient (Wildman–Crippen LogP) is 3.82. The standard InChI is InChI=1S/C18H22N2O3/c21-18(19-15-9-5-2-6-10-15)22-13-17-12-16(20-23-17)11-14-7-3-1-4-8-14/h1,3-4,7-8,12,15H,2,5-6,9-11,13H2,(H,19,21). The van der Waals surface area contributed by atoms with E-state index < -0.39 is 0 Å². The SMILES string of the molecule is O=C(NC1CCCCC1)OCc1cc(Cc2ccccc2)no1. The van der Waals surface area contributed by atoms with Crippen LogP contribution in [0.15, 0.2) is 40.9 Å². The van der Waals surface area contributed by atoms with Crippen LogP contribution in [0, 0.1) is 0 Å². The van der Waals surface area contributed by atoms with E-state index in [2.05, 4.69) is 10.5 Å². The minimum Gasteiger partial charge on any atom is -0.441 e. The van der Waals surface area contributed by atoms with E-state index in [0.717, 1.165) is 18.5 Å². The van der Waals surface area contributed by atoms with Crippen molar-refractivity contribution in [2.75, 3.05) is 0 Å². The first kappa shape index (κ1) is 15.6. The molecule has 1 N–H and O–H groups in total. The van der Waals surface area contributed by atoms with Gasteiger partial charge in [-0.2, -0.15) is 0 Å². The zero-order valence-corrected chi connectivity index (χ0v) is 13.2. The van der Waals surface area contributed by atoms with Crippen LogP contribution in [0.4, 0.5) is 4.79 Å². The molecule has 1 aromatic heterocycles. The van der Waals surface area contributed by atoms with Crippen molar-refractivity contribution in [2.24, 2.45) is 0 Å². The quantitative estimate of drug-likeness (QED) is 0.911. The van der Waals surface area contributed by atoms with Gasteiger partial charge in [-0.05, 0) is 18.4 Å². The molecule has 1 aliphatic carbocycles. The molecule has 1 heterocycles. The van der Waals surface area contributed by atoms with Crippen molar-refractivity contribution >= 4 is 6.09 Å². The van der Waals surface area contributed by atoms with Crippen LogP contribution in [0.2, 0.25) is 0 Å². The van der Waals surface area contributed by atoms with Crippen LogP contribution in [0.5, 0.6) is 0 Å². The number of amides is 1. The maximum absolute atomic E-state index is 11.8. The van der Waals surface area contributed by atoms with Crippen molar-refractivity contribution in [3.8, 4) is 0 Å². The molecule has 0 aliphatic heterocycles. The Labute approximate surface area is 136 Å². The molecule has 0 unspecified atom stereocenters. The van der Waals surface area contributed by atoms with Gasteiger partial charge in [-0.25, -0.2) is 4.79 Å². The number of rotatable bonds is 5. The molecule has 2 aromatic rings. The number of aromatic nitrogens is 1. The highest BCUT2D eigenvalue weighted by Crippen LogP contribution is 2.17. The Morgan fingerprint density at radius 1 is 1.22 bits per heavy atom. The number of benzene rings is 1. The molecule has 1 saturated carbocycles. The van der Waals surface area contributed by atoms with Gasteiger partial charge in [0.2, 0.25) is 0 Å². The molecular weight excluding hydrogens is 292 g/mol. The Bertz CT molecular complexity index is 618. The second-order valence-corrected chi connectivity index (χ2v) is 6.00. The second-order valence-electron chi connectivity index (χ2n) is 6.00. The summed E-state index contributed by atoms with van der Waals surface area (Å²) in [5.74, 6) is 0.565. The van der Waals surface area contributed by atoms with Crippen molar-refractivity contribution in [3.63, 3.8) is 0 Å². The van der Waals surface area contributed by atoms with Crippen molar-refractivity contribution in [1.29, 1.82) is 0 Å². The van der Waals surface area contributed by atoms with Crippen LogP contribution >= 0.6 is 0 Å². The van der Waals surface area contributed by atoms with Crippen molar-refractivity contribution in [3.05, 3.63) is 53.4 Å². The van der Waals surface area contributed by atoms with Gasteiger partial charge < -0.3 is 14.6 Å². The number of carbonyl (C=O) groups is 1. The van der Waals surface area contributed by atoms with E-state index in [1.54, 1.807) is 0 Å². The Hall–Kier alpha value is -2.30. The average molecular weight is 314 g/mol. The molecule has 3 rings (SSSR count). The van der Waals surface area contributed by atoms with Gasteiger partial charge in [0.1, 0.15) is 0 Å². The summed E-state index contributed by atoms with van der Waals surface area (Å²) in [7, 11) is 0. The van der Waals surface area contributed by atoms with Crippen molar-refractivity contribution in [2.45, 2.75) is 51.2 Å². The molecule has 23 heavy (non-hydrogen) atoms. The smallest absolute Gasteiger partial charge is 0.407 e. The topological polar surface area (TPSA) is 64.4 Å². The lowest BCUT2D eigenvalue weighted by Crippen LogP contribution is -2.36. The van der Waals surface area contributed by atoms with Crippen LogP contribution in [0.3, 0.4) is 0 Å². The Morgan fingerprint density at radius 2 is 2.00 bits per heavy atom. The van der Waals surface area contributed by atoms with Gasteiger partial charge in [-0.1, -0.05) is 54.8 Å². The number of carbonyl (C=O) groups excluding carboxylic acids is 1. The number of alkyl carbamates (subject to hydrolysis) is 1. The van der Waals surface area contributed by atoms with Gasteiger partial charge in [-0.15, -0.1) is 0 Å². The molecule has 1 aliphatic rings. The fourth-order valence-corrected chi connectivity index (χ4v) is 2.90. The summed E-state index contributed by atoms with van der Waals surface area (Å²) >= 11 is 0. The summed E-state index contributed by atoms with van der Waals surface area (Å²) in [4.78, 5) is 11.8. The van der Waals surface area contributed by atoms with Crippen molar-refractivity contribution < 1.29 is 14.1 Å². The maximum Gasteiger partial charge on any atom is 0.407 e. The summed E-state index contributed by atoms with van der Waals surface area (Å²) in [6, 6.07) is 12.1. The van der Waals surface area contributed by atoms with Gasteiger partial charge >= 0.3 is 6.09 Å². The van der Waals surface area contributed by atoms with Crippen LogP contribution in [0.1, 0.15) is 49.1 Å². The first-order valence-corrected chi connectivity index (χ1v) is 8.21. The third kappa shape index (κ3) is 4.84. The van der Waals surface area contributed by atoms with E-state index in [1.807, 2.05) is 36.4 Å². The zero-order valence-electron chi connectivity index (χ0n) is 13.2. The Kier molecular flexibility index (Phi) is 5.29. The number of hydrogen-bond donors (Lipinski definition) is 1. The Balaban J connectivity index is 1.44. The highest BCUT2D eigenvalue weighted by Gasteiger charge is 2.16. The summed E-state index contributed by atoms with van der Waals surface area (Å²) in [5.41, 5.74) is 2.01. The summed E-state index contributed by atoms with van der Waals surface area (Å²) in [6.45, 7) is 0.111. The van der Waals surface area contributed by atoms with Crippen molar-refractivity contribution in [1.82, 2.24) is 10.5 Å². The fourth-order valence-electron chi connectivity index (χ4n) is 2.90. The van der Waals surface area contributed by atoms with E-state index in [-0.39, 0.29) is 18.7 Å². The molecule has 122 valence electrons. The lowest BCUT2D eigenvalue weighted by molar-refractivity contribution is 0.122. The average Bonchev–Trinajstić information content (AvgIpc) is 3.02. The van der Waals surface area contributed by atoms with E-state index in [1.165, 1.54) is 24.8 Å². The normalized spacial score (nSPS) is 15.3. The fraction of sp³-hybridized carbons (Fsp3) is 0.444. The minimum absolute atomic E-state index is 0.111. The first-order chi connectivity index (χ1) is 11.3. The van der Waals surface area contributed by atoms with Gasteiger partial charge in [0, 0.05) is 18.5 Å². The predicted molar refractivity (Wildman–Crippen MR) is 85.9 cm³/mol. The molecule has 0 bridgehead atoms. The van der Waals surface area contributed by atoms with E-state index in [0.29, 0.717) is 12.2 Å². The van der Waals surface area contributed by atoms with Crippen LogP contribution in [-0.2, 0) is 17.8 Å². The highest BCUT2D eigenvalue weighted by molar-refractivity contribution is 5.67. The molecule has 0 spiro atoms. The minimum atomic E-state index is -0.377. The number of nitrogens with zero attached hydrogens (tertiary/aromatic N) is 1. The van der Waals surface area contributed by atoms with Crippen LogP contribution in [-0.4, -0.2) is 17.3 Å². The summed E-state index contributed by atoms with van der Waals surface area (Å²) in [6.07, 6.45) is 6.02. The van der Waals surface area contributed by atoms with Crippen LogP contribution in [0.25, 0.3) is 0 Å². The summed E-state index contributed by atoms with van der Waals surface area (Å²) < 4.78 is 10.4. The Morgan fingerprint density at radius 3 is 2.78 bits per heavy atom. The molecule has 1 fully saturated rings. The van der Waals surface area contributed by atoms with E-state index in [4.69, 9.17) is 9.26 Å². The lowest BCUT2D eigenvalue weighted by Gasteiger charge is -2.22. The first-order valence-electron chi connectivity index (χ1n) is 8.21. The van der Waals surface area contributed by atoms with E-state index in [9.17, 15) is 4.79 Å². The number of hydrogen-bond acceptors (Lipinski definition) is 4. The zero-order chi connectivity index (χ0) is 15.9. The van der Waals surface area contributed by atoms with Gasteiger partial charge in [0.15, 0.2) is 12.4 Å². The third-order valence-corrected chi connectivity index (χ3v) is 4.11. The molecule has 5 heteroatoms. The molecule has 1 aromatic carbocycles. The van der Waals surface area contributed by atoms with Gasteiger partial charge in [0.25, 0.3) is 0 Å². The summed E-state index contributed by atoms with van der Waals surface area (Å²) in [5, 5.41) is 6.93. The molecular formula is C18H22N2O3. The largest absolute Gasteiger partial charge is 0.441 e. The monoisotopic (exact) mass is 314 g/mol. The van der Waals surface area contributed by atoms with E-state index >= 15 is 0 Å². The highest BCUT2D eigenvalue weighted by atomic mass is 16.6. The molecule has 5 nitrogen and oxygen atoms in total.